The molecule has 0 rings (SSSR count). The molecular weight excluding hydrogens is 793 g/mol. The summed E-state index contributed by atoms with van der Waals surface area (Å²) < 4.78 is 16.8. The average Bonchev–Trinajstić information content (AvgIpc) is 3.29. The van der Waals surface area contributed by atoms with Gasteiger partial charge < -0.3 is 14.2 Å². The van der Waals surface area contributed by atoms with Crippen LogP contribution in [0.3, 0.4) is 0 Å². The molecule has 0 aliphatic carbocycles. The van der Waals surface area contributed by atoms with Crippen molar-refractivity contribution in [2.24, 2.45) is 5.92 Å². The summed E-state index contributed by atoms with van der Waals surface area (Å²) in [4.78, 5) is 38.0. The number of unbranched alkanes of at least 4 members (excludes halogenated alkanes) is 39. The standard InChI is InChI=1S/C58H112O6/c1-5-8-10-12-14-16-17-18-23-28-31-35-39-43-47-51-58(61)64-55(52-62-56(59)49-45-41-37-32-15-13-11-9-6-2)53-63-57(60)50-46-42-38-34-30-27-25-22-20-19-21-24-26-29-33-36-40-44-48-54(4)7-3/h54-55H,5-53H2,1-4H3/t54?,55-/m0/s1. The first-order valence-corrected chi connectivity index (χ1v) is 28.9. The second-order valence-electron chi connectivity index (χ2n) is 20.2. The molecule has 0 aromatic rings. The van der Waals surface area contributed by atoms with Gasteiger partial charge in [-0.05, 0) is 25.2 Å². The largest absolute Gasteiger partial charge is 0.462 e. The molecule has 0 saturated heterocycles. The quantitative estimate of drug-likeness (QED) is 0.0344. The fourth-order valence-corrected chi connectivity index (χ4v) is 8.89. The van der Waals surface area contributed by atoms with Crippen LogP contribution in [-0.2, 0) is 28.6 Å². The van der Waals surface area contributed by atoms with E-state index in [0.717, 1.165) is 63.7 Å². The predicted molar refractivity (Wildman–Crippen MR) is 275 cm³/mol. The molecule has 0 aromatic carbocycles. The van der Waals surface area contributed by atoms with E-state index in [9.17, 15) is 14.4 Å². The molecule has 0 saturated carbocycles. The van der Waals surface area contributed by atoms with Crippen molar-refractivity contribution < 1.29 is 28.6 Å². The Morgan fingerprint density at radius 2 is 0.547 bits per heavy atom. The molecule has 0 aromatic heterocycles. The van der Waals surface area contributed by atoms with E-state index in [0.29, 0.717) is 19.3 Å². The highest BCUT2D eigenvalue weighted by Gasteiger charge is 2.19. The molecule has 0 amide bonds. The van der Waals surface area contributed by atoms with Crippen LogP contribution in [0.4, 0.5) is 0 Å². The van der Waals surface area contributed by atoms with E-state index in [1.807, 2.05) is 0 Å². The monoisotopic (exact) mass is 905 g/mol. The molecule has 1 unspecified atom stereocenters. The Bertz CT molecular complexity index is 966. The summed E-state index contributed by atoms with van der Waals surface area (Å²) in [5, 5.41) is 0. The zero-order valence-electron chi connectivity index (χ0n) is 43.8. The van der Waals surface area contributed by atoms with Crippen molar-refractivity contribution >= 4 is 17.9 Å². The summed E-state index contributed by atoms with van der Waals surface area (Å²) in [7, 11) is 0. The lowest BCUT2D eigenvalue weighted by Crippen LogP contribution is -2.30. The Labute approximate surface area is 399 Å². The van der Waals surface area contributed by atoms with Gasteiger partial charge in [0.25, 0.3) is 0 Å². The third kappa shape index (κ3) is 49.8. The number of carbonyl (C=O) groups is 3. The molecule has 0 spiro atoms. The Hall–Kier alpha value is -1.59. The van der Waals surface area contributed by atoms with Crippen LogP contribution in [0.5, 0.6) is 0 Å². The lowest BCUT2D eigenvalue weighted by atomic mass is 9.99. The maximum atomic E-state index is 12.8. The Kier molecular flexibility index (Phi) is 51.1. The van der Waals surface area contributed by atoms with Crippen molar-refractivity contribution in [1.82, 2.24) is 0 Å². The summed E-state index contributed by atoms with van der Waals surface area (Å²) in [6.45, 7) is 9.09. The Balaban J connectivity index is 4.17. The lowest BCUT2D eigenvalue weighted by molar-refractivity contribution is -0.167. The van der Waals surface area contributed by atoms with Gasteiger partial charge in [-0.3, -0.25) is 14.4 Å². The molecule has 2 atom stereocenters. The maximum absolute atomic E-state index is 12.8. The third-order valence-electron chi connectivity index (χ3n) is 13.7. The van der Waals surface area contributed by atoms with E-state index in [-0.39, 0.29) is 31.1 Å². The molecule has 0 heterocycles. The van der Waals surface area contributed by atoms with Gasteiger partial charge >= 0.3 is 17.9 Å². The molecule has 380 valence electrons. The van der Waals surface area contributed by atoms with Crippen molar-refractivity contribution in [2.75, 3.05) is 13.2 Å². The number of ether oxygens (including phenoxy) is 3. The van der Waals surface area contributed by atoms with E-state index >= 15 is 0 Å². The number of hydrogen-bond donors (Lipinski definition) is 0. The lowest BCUT2D eigenvalue weighted by Gasteiger charge is -2.18. The maximum Gasteiger partial charge on any atom is 0.306 e. The topological polar surface area (TPSA) is 78.9 Å². The minimum absolute atomic E-state index is 0.0620. The van der Waals surface area contributed by atoms with Crippen LogP contribution in [0.15, 0.2) is 0 Å². The van der Waals surface area contributed by atoms with Gasteiger partial charge in [0.15, 0.2) is 6.10 Å². The SMILES string of the molecule is CCCCCCCCCCCCCCCCCC(=O)O[C@@H](COC(=O)CCCCCCCCCCC)COC(=O)CCCCCCCCCCCCCCCCCCCCC(C)CC. The Morgan fingerprint density at radius 1 is 0.312 bits per heavy atom. The van der Waals surface area contributed by atoms with Gasteiger partial charge in [0, 0.05) is 19.3 Å². The number of carbonyl (C=O) groups excluding carboxylic acids is 3. The Morgan fingerprint density at radius 3 is 0.812 bits per heavy atom. The van der Waals surface area contributed by atoms with Gasteiger partial charge in [-0.2, -0.15) is 0 Å². The molecule has 0 bridgehead atoms. The minimum Gasteiger partial charge on any atom is -0.462 e. The van der Waals surface area contributed by atoms with Crippen LogP contribution in [0.2, 0.25) is 0 Å². The smallest absolute Gasteiger partial charge is 0.306 e. The van der Waals surface area contributed by atoms with E-state index < -0.39 is 6.10 Å². The van der Waals surface area contributed by atoms with Crippen molar-refractivity contribution in [3.63, 3.8) is 0 Å². The van der Waals surface area contributed by atoms with Gasteiger partial charge in [-0.25, -0.2) is 0 Å². The predicted octanol–water partition coefficient (Wildman–Crippen LogP) is 19.0. The molecule has 0 fully saturated rings. The van der Waals surface area contributed by atoms with E-state index in [1.54, 1.807) is 0 Å². The van der Waals surface area contributed by atoms with E-state index in [2.05, 4.69) is 27.7 Å². The molecule has 0 aliphatic heterocycles. The van der Waals surface area contributed by atoms with Gasteiger partial charge in [0.2, 0.25) is 0 Å². The molecule has 6 nitrogen and oxygen atoms in total. The summed E-state index contributed by atoms with van der Waals surface area (Å²) in [6, 6.07) is 0. The normalized spacial score (nSPS) is 12.4. The van der Waals surface area contributed by atoms with Gasteiger partial charge in [0.05, 0.1) is 0 Å². The van der Waals surface area contributed by atoms with Gasteiger partial charge in [-0.1, -0.05) is 291 Å². The van der Waals surface area contributed by atoms with Crippen LogP contribution < -0.4 is 0 Å². The first-order chi connectivity index (χ1) is 31.4. The zero-order chi connectivity index (χ0) is 46.7. The summed E-state index contributed by atoms with van der Waals surface area (Å²) in [6.07, 6.45) is 56.7. The van der Waals surface area contributed by atoms with Gasteiger partial charge in [0.1, 0.15) is 13.2 Å². The van der Waals surface area contributed by atoms with Crippen molar-refractivity contribution in [2.45, 2.75) is 336 Å². The zero-order valence-corrected chi connectivity index (χ0v) is 43.8. The molecule has 0 aliphatic rings. The molecule has 0 radical (unpaired) electrons. The summed E-state index contributed by atoms with van der Waals surface area (Å²) >= 11 is 0. The summed E-state index contributed by atoms with van der Waals surface area (Å²) in [5.41, 5.74) is 0. The number of hydrogen-bond acceptors (Lipinski definition) is 6. The highest BCUT2D eigenvalue weighted by molar-refractivity contribution is 5.71. The van der Waals surface area contributed by atoms with Crippen LogP contribution in [0.25, 0.3) is 0 Å². The highest BCUT2D eigenvalue weighted by Crippen LogP contribution is 2.18. The van der Waals surface area contributed by atoms with Crippen molar-refractivity contribution in [3.05, 3.63) is 0 Å². The first kappa shape index (κ1) is 62.4. The number of rotatable bonds is 53. The van der Waals surface area contributed by atoms with Crippen LogP contribution in [0, 0.1) is 5.92 Å². The second-order valence-corrected chi connectivity index (χ2v) is 20.2. The molecular formula is C58H112O6. The highest BCUT2D eigenvalue weighted by atomic mass is 16.6. The molecule has 64 heavy (non-hydrogen) atoms. The average molecular weight is 906 g/mol. The van der Waals surface area contributed by atoms with Crippen molar-refractivity contribution in [1.29, 1.82) is 0 Å². The fraction of sp³-hybridized carbons (Fsp3) is 0.948. The van der Waals surface area contributed by atoms with E-state index in [1.165, 1.54) is 225 Å². The van der Waals surface area contributed by atoms with Crippen LogP contribution >= 0.6 is 0 Å². The fourth-order valence-electron chi connectivity index (χ4n) is 8.89. The van der Waals surface area contributed by atoms with Crippen LogP contribution in [0.1, 0.15) is 329 Å². The number of esters is 3. The summed E-state index contributed by atoms with van der Waals surface area (Å²) in [5.74, 6) is 0.0707. The van der Waals surface area contributed by atoms with Gasteiger partial charge in [-0.15, -0.1) is 0 Å². The third-order valence-corrected chi connectivity index (χ3v) is 13.7. The minimum atomic E-state index is -0.760. The van der Waals surface area contributed by atoms with Crippen molar-refractivity contribution in [3.8, 4) is 0 Å². The molecule has 6 heteroatoms. The van der Waals surface area contributed by atoms with E-state index in [4.69, 9.17) is 14.2 Å². The van der Waals surface area contributed by atoms with Crippen LogP contribution in [-0.4, -0.2) is 37.2 Å². The first-order valence-electron chi connectivity index (χ1n) is 28.9. The molecule has 0 N–H and O–H groups in total. The second kappa shape index (κ2) is 52.4.